The van der Waals surface area contributed by atoms with E-state index in [4.69, 9.17) is 0 Å². The fourth-order valence-electron chi connectivity index (χ4n) is 12.7. The van der Waals surface area contributed by atoms with Crippen molar-refractivity contribution in [2.24, 2.45) is 0 Å². The van der Waals surface area contributed by atoms with Crippen LogP contribution in [0.25, 0.3) is 98.4 Å². The lowest BCUT2D eigenvalue weighted by molar-refractivity contribution is 0.794. The third-order valence-electron chi connectivity index (χ3n) is 15.6. The second kappa shape index (κ2) is 15.0. The topological polar surface area (TPSA) is 3.24 Å². The Bertz CT molecular complexity index is 4140. The number of nitrogens with zero attached hydrogens (tertiary/aromatic N) is 1. The maximum atomic E-state index is 2.52. The molecule has 0 heterocycles. The first kappa shape index (κ1) is 39.0. The summed E-state index contributed by atoms with van der Waals surface area (Å²) in [5, 5.41) is 12.5. The number of hydrogen-bond donors (Lipinski definition) is 0. The Labute approximate surface area is 406 Å². The summed E-state index contributed by atoms with van der Waals surface area (Å²) >= 11 is 0. The first-order valence-corrected chi connectivity index (χ1v) is 24.4. The average molecular weight is 886 g/mol. The third kappa shape index (κ3) is 5.49. The second-order valence-electron chi connectivity index (χ2n) is 19.1. The molecule has 1 nitrogen and oxygen atoms in total. The Morgan fingerprint density at radius 2 is 0.586 bits per heavy atom. The molecule has 0 saturated heterocycles. The van der Waals surface area contributed by atoms with Crippen LogP contribution in [0.5, 0.6) is 0 Å². The van der Waals surface area contributed by atoms with Gasteiger partial charge in [-0.1, -0.05) is 218 Å². The molecule has 0 fully saturated rings. The summed E-state index contributed by atoms with van der Waals surface area (Å²) in [4.78, 5) is 2.52. The highest BCUT2D eigenvalue weighted by molar-refractivity contribution is 6.26. The van der Waals surface area contributed by atoms with Gasteiger partial charge in [0.25, 0.3) is 0 Å². The normalized spacial score (nSPS) is 13.0. The number of benzene rings is 13. The van der Waals surface area contributed by atoms with Gasteiger partial charge in [-0.05, 0) is 163 Å². The number of anilines is 3. The van der Waals surface area contributed by atoms with E-state index in [0.717, 1.165) is 17.1 Å². The molecule has 2 aliphatic carbocycles. The highest BCUT2D eigenvalue weighted by Gasteiger charge is 2.51. The van der Waals surface area contributed by atoms with E-state index in [2.05, 4.69) is 266 Å². The van der Waals surface area contributed by atoms with Crippen molar-refractivity contribution in [2.75, 3.05) is 4.90 Å². The zero-order chi connectivity index (χ0) is 45.9. The largest absolute Gasteiger partial charge is 0.310 e. The van der Waals surface area contributed by atoms with E-state index in [-0.39, 0.29) is 0 Å². The zero-order valence-electron chi connectivity index (χ0n) is 38.3. The van der Waals surface area contributed by atoms with Crippen LogP contribution in [0.4, 0.5) is 17.1 Å². The molecule has 0 bridgehead atoms. The number of rotatable bonds is 5. The predicted molar refractivity (Wildman–Crippen MR) is 296 cm³/mol. The van der Waals surface area contributed by atoms with Crippen molar-refractivity contribution in [3.05, 3.63) is 283 Å². The van der Waals surface area contributed by atoms with Crippen LogP contribution in [0.15, 0.2) is 261 Å². The van der Waals surface area contributed by atoms with Gasteiger partial charge >= 0.3 is 0 Å². The molecule has 15 rings (SSSR count). The van der Waals surface area contributed by atoms with Crippen molar-refractivity contribution in [1.82, 2.24) is 0 Å². The molecule has 0 amide bonds. The Kier molecular flexibility index (Phi) is 8.35. The van der Waals surface area contributed by atoms with Crippen LogP contribution in [0.2, 0.25) is 0 Å². The van der Waals surface area contributed by atoms with E-state index >= 15 is 0 Å². The summed E-state index contributed by atoms with van der Waals surface area (Å²) in [7, 11) is 0. The summed E-state index contributed by atoms with van der Waals surface area (Å²) in [5.74, 6) is 0. The molecule has 324 valence electrons. The fraction of sp³-hybridized carbons (Fsp3) is 0.0145. The summed E-state index contributed by atoms with van der Waals surface area (Å²) < 4.78 is 0. The maximum absolute atomic E-state index is 2.52. The predicted octanol–water partition coefficient (Wildman–Crippen LogP) is 18.6. The molecule has 13 aromatic carbocycles. The first-order valence-electron chi connectivity index (χ1n) is 24.4. The maximum Gasteiger partial charge on any atom is 0.0725 e. The van der Waals surface area contributed by atoms with Crippen LogP contribution in [0, 0.1) is 0 Å². The molecular weight excluding hydrogens is 843 g/mol. The zero-order valence-corrected chi connectivity index (χ0v) is 38.3. The molecule has 0 radical (unpaired) electrons. The standard InChI is InChI=1S/C69H43N/c1-3-21-51-44(17-1)19-15-30-53(51)46-39-47(54-31-16-20-45-18-2-4-22-52(45)54)41-50(40-46)70(48-35-37-59-57-25-6-5-23-55(57)56-24-7-8-26-58(56)63(59)42-48)49-36-38-68-64(43-49)62-29-11-14-34-67(62)69(68)65-32-12-9-27-60(65)61-28-10-13-33-66(61)69/h1-43H. The lowest BCUT2D eigenvalue weighted by Crippen LogP contribution is -2.25. The Morgan fingerprint density at radius 3 is 1.13 bits per heavy atom. The third-order valence-corrected chi connectivity index (χ3v) is 15.6. The van der Waals surface area contributed by atoms with Gasteiger partial charge < -0.3 is 4.90 Å². The highest BCUT2D eigenvalue weighted by Crippen LogP contribution is 2.63. The smallest absolute Gasteiger partial charge is 0.0725 e. The van der Waals surface area contributed by atoms with Gasteiger partial charge in [0.2, 0.25) is 0 Å². The number of fused-ring (bicyclic) bond motifs is 18. The summed E-state index contributed by atoms with van der Waals surface area (Å²) in [5.41, 5.74) is 18.2. The Balaban J connectivity index is 1.04. The van der Waals surface area contributed by atoms with Crippen molar-refractivity contribution < 1.29 is 0 Å². The minimum atomic E-state index is -0.429. The highest BCUT2D eigenvalue weighted by atomic mass is 15.1. The molecular formula is C69H43N. The van der Waals surface area contributed by atoms with Gasteiger partial charge in [-0.2, -0.15) is 0 Å². The molecule has 1 heteroatoms. The van der Waals surface area contributed by atoms with Crippen LogP contribution >= 0.6 is 0 Å². The van der Waals surface area contributed by atoms with Gasteiger partial charge in [-0.3, -0.25) is 0 Å². The molecule has 2 aliphatic rings. The van der Waals surface area contributed by atoms with Crippen LogP contribution < -0.4 is 4.90 Å². The monoisotopic (exact) mass is 885 g/mol. The second-order valence-corrected chi connectivity index (χ2v) is 19.1. The number of hydrogen-bond acceptors (Lipinski definition) is 1. The summed E-state index contributed by atoms with van der Waals surface area (Å²) in [6.07, 6.45) is 0. The SMILES string of the molecule is c1ccc2c(c1)-c1ccccc1C21c2ccccc2-c2cc(N(c3cc(-c4cccc5ccccc45)cc(-c4cccc5ccccc45)c3)c3ccc4c5ccccc5c5ccccc5c4c3)ccc21. The molecule has 0 aromatic heterocycles. The quantitative estimate of drug-likeness (QED) is 0.156. The summed E-state index contributed by atoms with van der Waals surface area (Å²) in [6, 6.07) is 97.8. The van der Waals surface area contributed by atoms with E-state index in [1.54, 1.807) is 0 Å². The van der Waals surface area contributed by atoms with Gasteiger partial charge in [-0.25, -0.2) is 0 Å². The van der Waals surface area contributed by atoms with E-state index in [1.165, 1.54) is 121 Å². The van der Waals surface area contributed by atoms with Crippen molar-refractivity contribution in [3.63, 3.8) is 0 Å². The van der Waals surface area contributed by atoms with Crippen LogP contribution in [-0.4, -0.2) is 0 Å². The molecule has 0 atom stereocenters. The summed E-state index contributed by atoms with van der Waals surface area (Å²) in [6.45, 7) is 0. The Hall–Kier alpha value is -9.04. The lowest BCUT2D eigenvalue weighted by atomic mass is 9.70. The van der Waals surface area contributed by atoms with E-state index < -0.39 is 5.41 Å². The lowest BCUT2D eigenvalue weighted by Gasteiger charge is -2.31. The molecule has 0 N–H and O–H groups in total. The van der Waals surface area contributed by atoms with Crippen molar-refractivity contribution in [1.29, 1.82) is 0 Å². The van der Waals surface area contributed by atoms with Crippen LogP contribution in [0.1, 0.15) is 22.3 Å². The molecule has 0 saturated carbocycles. The molecule has 70 heavy (non-hydrogen) atoms. The van der Waals surface area contributed by atoms with Crippen molar-refractivity contribution in [2.45, 2.75) is 5.41 Å². The average Bonchev–Trinajstić information content (AvgIpc) is 3.90. The van der Waals surface area contributed by atoms with Gasteiger partial charge in [0.05, 0.1) is 5.41 Å². The van der Waals surface area contributed by atoms with Crippen LogP contribution in [0.3, 0.4) is 0 Å². The van der Waals surface area contributed by atoms with E-state index in [1.807, 2.05) is 0 Å². The van der Waals surface area contributed by atoms with Gasteiger partial charge in [0, 0.05) is 17.1 Å². The van der Waals surface area contributed by atoms with Crippen molar-refractivity contribution >= 4 is 70.9 Å². The van der Waals surface area contributed by atoms with E-state index in [9.17, 15) is 0 Å². The fourth-order valence-corrected chi connectivity index (χ4v) is 12.7. The first-order chi connectivity index (χ1) is 34.7. The molecule has 1 spiro atoms. The van der Waals surface area contributed by atoms with Gasteiger partial charge in [0.1, 0.15) is 0 Å². The minimum Gasteiger partial charge on any atom is -0.310 e. The minimum absolute atomic E-state index is 0.429. The van der Waals surface area contributed by atoms with E-state index in [0.29, 0.717) is 0 Å². The molecule has 13 aromatic rings. The van der Waals surface area contributed by atoms with Gasteiger partial charge in [-0.15, -0.1) is 0 Å². The van der Waals surface area contributed by atoms with Crippen LogP contribution in [-0.2, 0) is 5.41 Å². The molecule has 0 unspecified atom stereocenters. The molecule has 0 aliphatic heterocycles. The van der Waals surface area contributed by atoms with Gasteiger partial charge in [0.15, 0.2) is 0 Å². The Morgan fingerprint density at radius 1 is 0.214 bits per heavy atom. The van der Waals surface area contributed by atoms with Crippen molar-refractivity contribution in [3.8, 4) is 44.5 Å².